The van der Waals surface area contributed by atoms with E-state index in [4.69, 9.17) is 23.7 Å². The third kappa shape index (κ3) is 4.97. The fourth-order valence-electron chi connectivity index (χ4n) is 6.76. The number of anilines is 1. The number of hydrogen-bond acceptors (Lipinski definition) is 10. The van der Waals surface area contributed by atoms with E-state index in [1.807, 2.05) is 19.1 Å². The van der Waals surface area contributed by atoms with E-state index in [1.165, 1.54) is 14.2 Å². The predicted molar refractivity (Wildman–Crippen MR) is 162 cm³/mol. The van der Waals surface area contributed by atoms with Crippen LogP contribution in [0.15, 0.2) is 24.3 Å². The Kier molecular flexibility index (Phi) is 8.17. The highest BCUT2D eigenvalue weighted by Crippen LogP contribution is 2.56. The highest BCUT2D eigenvalue weighted by atomic mass is 16.5. The Hall–Kier alpha value is -3.86. The molecule has 43 heavy (non-hydrogen) atoms. The molecule has 3 aromatic rings. The lowest BCUT2D eigenvalue weighted by atomic mass is 9.74. The van der Waals surface area contributed by atoms with Crippen LogP contribution in [-0.4, -0.2) is 62.6 Å². The molecule has 10 nitrogen and oxygen atoms in total. The fourth-order valence-corrected chi connectivity index (χ4v) is 6.76. The quantitative estimate of drug-likeness (QED) is 0.204. The SMILES string of the molecule is CCN[C@H](CCCO)Oc1cc(OC)c2c3c1CNc1cc4c(c(c1-3)CC2)[C@@H](O)[C@H](c1cc(OC)c(O)c(OC)c1)CO4. The summed E-state index contributed by atoms with van der Waals surface area (Å²) in [7, 11) is 4.65. The number of benzene rings is 3. The Morgan fingerprint density at radius 2 is 1.67 bits per heavy atom. The van der Waals surface area contributed by atoms with Gasteiger partial charge in [-0.1, -0.05) is 6.92 Å². The first-order chi connectivity index (χ1) is 20.9. The van der Waals surface area contributed by atoms with Gasteiger partial charge in [-0.25, -0.2) is 0 Å². The van der Waals surface area contributed by atoms with E-state index in [0.29, 0.717) is 31.6 Å². The second-order valence-corrected chi connectivity index (χ2v) is 11.1. The van der Waals surface area contributed by atoms with Crippen LogP contribution in [0, 0.1) is 0 Å². The number of aliphatic hydroxyl groups excluding tert-OH is 2. The standard InChI is InChI=1S/C33H40N2O8/c1-5-34-28(7-6-10-36)43-24-14-23(39-2)18-8-9-19-30-22(35-15-20(24)29(18)30)13-25-31(19)32(37)21(16-42-25)17-11-26(40-3)33(38)27(12-17)41-4/h11-14,21,28,32,34-38H,5-10,15-16H2,1-4H3/t21-,28-,32-/m0/s1. The van der Waals surface area contributed by atoms with E-state index in [1.54, 1.807) is 19.2 Å². The number of hydrogen-bond donors (Lipinski definition) is 5. The smallest absolute Gasteiger partial charge is 0.200 e. The number of methoxy groups -OCH3 is 3. The van der Waals surface area contributed by atoms with E-state index >= 15 is 0 Å². The van der Waals surface area contributed by atoms with Crippen molar-refractivity contribution < 1.29 is 39.0 Å². The Balaban J connectivity index is 1.46. The maximum absolute atomic E-state index is 11.9. The van der Waals surface area contributed by atoms with Crippen LogP contribution in [0.2, 0.25) is 0 Å². The second kappa shape index (κ2) is 12.0. The van der Waals surface area contributed by atoms with E-state index in [-0.39, 0.29) is 36.7 Å². The number of ether oxygens (including phenoxy) is 5. The van der Waals surface area contributed by atoms with Crippen molar-refractivity contribution in [2.75, 3.05) is 46.4 Å². The minimum absolute atomic E-state index is 0.0838. The molecule has 0 bridgehead atoms. The van der Waals surface area contributed by atoms with Gasteiger partial charge in [0.05, 0.1) is 34.0 Å². The van der Waals surface area contributed by atoms with E-state index in [0.717, 1.165) is 69.1 Å². The monoisotopic (exact) mass is 592 g/mol. The molecule has 0 aromatic heterocycles. The normalized spacial score (nSPS) is 18.5. The summed E-state index contributed by atoms with van der Waals surface area (Å²) in [4.78, 5) is 0. The van der Waals surface area contributed by atoms with Crippen molar-refractivity contribution >= 4 is 5.69 Å². The van der Waals surface area contributed by atoms with Crippen molar-refractivity contribution in [3.8, 4) is 45.6 Å². The molecule has 3 atom stereocenters. The minimum atomic E-state index is -0.854. The first-order valence-electron chi connectivity index (χ1n) is 14.9. The molecule has 0 saturated heterocycles. The lowest BCUT2D eigenvalue weighted by Gasteiger charge is -2.38. The zero-order chi connectivity index (χ0) is 30.2. The van der Waals surface area contributed by atoms with Gasteiger partial charge in [0, 0.05) is 65.6 Å². The van der Waals surface area contributed by atoms with Crippen LogP contribution in [0.4, 0.5) is 5.69 Å². The van der Waals surface area contributed by atoms with Gasteiger partial charge in [-0.05, 0) is 54.6 Å². The third-order valence-corrected chi connectivity index (χ3v) is 8.80. The molecule has 0 spiro atoms. The van der Waals surface area contributed by atoms with Gasteiger partial charge in [-0.15, -0.1) is 0 Å². The van der Waals surface area contributed by atoms with Crippen LogP contribution < -0.4 is 34.3 Å². The number of rotatable bonds is 11. The zero-order valence-corrected chi connectivity index (χ0v) is 25.1. The summed E-state index contributed by atoms with van der Waals surface area (Å²) >= 11 is 0. The molecule has 2 aliphatic heterocycles. The summed E-state index contributed by atoms with van der Waals surface area (Å²) in [6.07, 6.45) is 1.65. The molecule has 0 saturated carbocycles. The average Bonchev–Trinajstić information content (AvgIpc) is 3.02. The van der Waals surface area contributed by atoms with Gasteiger partial charge >= 0.3 is 0 Å². The highest BCUT2D eigenvalue weighted by molar-refractivity contribution is 5.93. The molecule has 0 radical (unpaired) electrons. The zero-order valence-electron chi connectivity index (χ0n) is 25.1. The van der Waals surface area contributed by atoms with Crippen LogP contribution in [0.1, 0.15) is 59.6 Å². The number of phenols is 1. The van der Waals surface area contributed by atoms with Crippen molar-refractivity contribution in [2.24, 2.45) is 0 Å². The number of aromatic hydroxyl groups is 1. The van der Waals surface area contributed by atoms with Crippen LogP contribution in [0.5, 0.6) is 34.5 Å². The van der Waals surface area contributed by atoms with Gasteiger partial charge in [0.2, 0.25) is 5.75 Å². The Morgan fingerprint density at radius 3 is 2.35 bits per heavy atom. The topological polar surface area (TPSA) is 131 Å². The largest absolute Gasteiger partial charge is 0.502 e. The van der Waals surface area contributed by atoms with Crippen LogP contribution in [0.25, 0.3) is 11.1 Å². The Bertz CT molecular complexity index is 1500. The van der Waals surface area contributed by atoms with Gasteiger partial charge in [0.15, 0.2) is 11.5 Å². The van der Waals surface area contributed by atoms with E-state index in [9.17, 15) is 15.3 Å². The number of aliphatic hydroxyl groups is 2. The predicted octanol–water partition coefficient (Wildman–Crippen LogP) is 4.41. The van der Waals surface area contributed by atoms with E-state index < -0.39 is 12.0 Å². The second-order valence-electron chi connectivity index (χ2n) is 11.1. The molecule has 2 heterocycles. The molecule has 3 aromatic carbocycles. The first kappa shape index (κ1) is 29.2. The molecule has 0 amide bonds. The number of nitrogens with one attached hydrogen (secondary N) is 2. The maximum Gasteiger partial charge on any atom is 0.200 e. The summed E-state index contributed by atoms with van der Waals surface area (Å²) in [6, 6.07) is 7.43. The molecule has 3 aliphatic rings. The van der Waals surface area contributed by atoms with Crippen molar-refractivity contribution in [1.82, 2.24) is 5.32 Å². The molecular weight excluding hydrogens is 552 g/mol. The first-order valence-corrected chi connectivity index (χ1v) is 14.9. The van der Waals surface area contributed by atoms with Gasteiger partial charge in [0.25, 0.3) is 0 Å². The fraction of sp³-hybridized carbons (Fsp3) is 0.455. The van der Waals surface area contributed by atoms with Crippen LogP contribution in [-0.2, 0) is 19.4 Å². The minimum Gasteiger partial charge on any atom is -0.502 e. The van der Waals surface area contributed by atoms with Gasteiger partial charge < -0.3 is 44.3 Å². The van der Waals surface area contributed by atoms with Gasteiger partial charge in [-0.2, -0.15) is 0 Å². The molecule has 1 aliphatic carbocycles. The van der Waals surface area contributed by atoms with Gasteiger partial charge in [-0.3, -0.25) is 5.32 Å². The van der Waals surface area contributed by atoms with Crippen molar-refractivity contribution in [3.63, 3.8) is 0 Å². The summed E-state index contributed by atoms with van der Waals surface area (Å²) in [5.41, 5.74) is 7.85. The van der Waals surface area contributed by atoms with Crippen LogP contribution in [0.3, 0.4) is 0 Å². The molecule has 6 rings (SSSR count). The Morgan fingerprint density at radius 1 is 0.953 bits per heavy atom. The molecular formula is C33H40N2O8. The summed E-state index contributed by atoms with van der Waals surface area (Å²) in [5.74, 6) is 2.25. The van der Waals surface area contributed by atoms with Crippen molar-refractivity contribution in [2.45, 2.75) is 57.4 Å². The average molecular weight is 593 g/mol. The highest BCUT2D eigenvalue weighted by Gasteiger charge is 2.39. The molecule has 5 N–H and O–H groups in total. The van der Waals surface area contributed by atoms with Crippen molar-refractivity contribution in [3.05, 3.63) is 52.1 Å². The third-order valence-electron chi connectivity index (χ3n) is 8.80. The van der Waals surface area contributed by atoms with Crippen LogP contribution >= 0.6 is 0 Å². The lowest BCUT2D eigenvalue weighted by molar-refractivity contribution is 0.0878. The molecule has 230 valence electrons. The van der Waals surface area contributed by atoms with Crippen molar-refractivity contribution in [1.29, 1.82) is 0 Å². The lowest BCUT2D eigenvalue weighted by Crippen LogP contribution is -2.35. The summed E-state index contributed by atoms with van der Waals surface area (Å²) in [5, 5.41) is 38.8. The molecule has 0 fully saturated rings. The molecule has 0 unspecified atom stereocenters. The number of fused-ring (bicyclic) bond motifs is 2. The van der Waals surface area contributed by atoms with E-state index in [2.05, 4.69) is 10.6 Å². The van der Waals surface area contributed by atoms with Gasteiger partial charge in [0.1, 0.15) is 23.5 Å². The Labute approximate surface area is 251 Å². The maximum atomic E-state index is 11.9. The number of phenolic OH excluding ortho intramolecular Hbond substituents is 1. The summed E-state index contributed by atoms with van der Waals surface area (Å²) in [6.45, 7) is 3.71. The molecule has 10 heteroatoms. The summed E-state index contributed by atoms with van der Waals surface area (Å²) < 4.78 is 29.5.